The van der Waals surface area contributed by atoms with Crippen molar-refractivity contribution in [1.82, 2.24) is 15.3 Å². The molecule has 4 nitrogen and oxygen atoms in total. The number of nitrogens with one attached hydrogen (secondary N) is 2. The first-order valence-electron chi connectivity index (χ1n) is 8.19. The van der Waals surface area contributed by atoms with E-state index in [4.69, 9.17) is 28.5 Å². The van der Waals surface area contributed by atoms with Gasteiger partial charge in [0, 0.05) is 29.2 Å². The molecule has 3 aromatic rings. The van der Waals surface area contributed by atoms with E-state index in [9.17, 15) is 0 Å². The predicted octanol–water partition coefficient (Wildman–Crippen LogP) is 4.85. The summed E-state index contributed by atoms with van der Waals surface area (Å²) in [6.45, 7) is 1.59. The summed E-state index contributed by atoms with van der Waals surface area (Å²) in [5.41, 5.74) is 3.99. The van der Waals surface area contributed by atoms with Crippen molar-refractivity contribution in [3.63, 3.8) is 0 Å². The number of hydrogen-bond donors (Lipinski definition) is 2. The van der Waals surface area contributed by atoms with E-state index in [0.717, 1.165) is 42.3 Å². The largest absolute Gasteiger partial charge is 0.361 e. The molecule has 1 aromatic carbocycles. The molecule has 2 heterocycles. The first-order valence-corrected chi connectivity index (χ1v) is 8.94. The minimum absolute atomic E-state index is 0.409. The fourth-order valence-electron chi connectivity index (χ4n) is 2.82. The second kappa shape index (κ2) is 8.35. The Morgan fingerprint density at radius 2 is 2.00 bits per heavy atom. The highest BCUT2D eigenvalue weighted by molar-refractivity contribution is 6.32. The van der Waals surface area contributed by atoms with Crippen molar-refractivity contribution in [3.8, 4) is 6.07 Å². The number of aromatic nitrogens is 2. The number of benzene rings is 1. The van der Waals surface area contributed by atoms with Crippen LogP contribution in [0.25, 0.3) is 10.9 Å². The molecule has 0 aliphatic heterocycles. The minimum Gasteiger partial charge on any atom is -0.361 e. The van der Waals surface area contributed by atoms with E-state index in [1.54, 1.807) is 6.07 Å². The lowest BCUT2D eigenvalue weighted by Gasteiger charge is -2.06. The summed E-state index contributed by atoms with van der Waals surface area (Å²) >= 11 is 11.8. The van der Waals surface area contributed by atoms with E-state index in [0.29, 0.717) is 22.4 Å². The number of fused-ring (bicyclic) bond motifs is 1. The molecule has 0 saturated carbocycles. The normalized spacial score (nSPS) is 10.9. The molecule has 0 atom stereocenters. The van der Waals surface area contributed by atoms with E-state index in [1.165, 1.54) is 5.56 Å². The number of halogens is 2. The monoisotopic (exact) mass is 372 g/mol. The van der Waals surface area contributed by atoms with Crippen molar-refractivity contribution in [1.29, 1.82) is 5.26 Å². The molecule has 3 rings (SSSR count). The first-order chi connectivity index (χ1) is 12.2. The highest BCUT2D eigenvalue weighted by Gasteiger charge is 2.05. The molecule has 6 heteroatoms. The van der Waals surface area contributed by atoms with Crippen LogP contribution in [0.1, 0.15) is 29.5 Å². The van der Waals surface area contributed by atoms with Crippen LogP contribution >= 0.6 is 23.2 Å². The average molecular weight is 373 g/mol. The molecule has 2 aromatic heterocycles. The van der Waals surface area contributed by atoms with E-state index in [-0.39, 0.29) is 0 Å². The van der Waals surface area contributed by atoms with Crippen molar-refractivity contribution >= 4 is 34.1 Å². The van der Waals surface area contributed by atoms with Gasteiger partial charge in [0.05, 0.1) is 11.6 Å². The van der Waals surface area contributed by atoms with Crippen LogP contribution in [0.2, 0.25) is 10.3 Å². The molecule has 0 unspecified atom stereocenters. The Morgan fingerprint density at radius 1 is 1.12 bits per heavy atom. The zero-order valence-corrected chi connectivity index (χ0v) is 15.2. The van der Waals surface area contributed by atoms with Gasteiger partial charge in [0.25, 0.3) is 0 Å². The van der Waals surface area contributed by atoms with Crippen LogP contribution in [-0.2, 0) is 13.0 Å². The summed E-state index contributed by atoms with van der Waals surface area (Å²) in [6, 6.07) is 11.6. The highest BCUT2D eigenvalue weighted by Crippen LogP contribution is 2.21. The molecular weight excluding hydrogens is 355 g/mol. The molecule has 0 aliphatic rings. The van der Waals surface area contributed by atoms with E-state index < -0.39 is 0 Å². The smallest absolute Gasteiger partial charge is 0.135 e. The van der Waals surface area contributed by atoms with Crippen LogP contribution in [0.3, 0.4) is 0 Å². The number of aromatic amines is 1. The van der Waals surface area contributed by atoms with Crippen molar-refractivity contribution in [2.75, 3.05) is 6.54 Å². The zero-order chi connectivity index (χ0) is 17.6. The first kappa shape index (κ1) is 17.8. The SMILES string of the molecule is N#Cc1ccc2[nH]cc(CCCCNCc3ccc(Cl)nc3Cl)c2c1. The maximum atomic E-state index is 9.04. The molecule has 0 spiro atoms. The summed E-state index contributed by atoms with van der Waals surface area (Å²) in [7, 11) is 0. The Bertz CT molecular complexity index is 911. The standard InChI is InChI=1S/C19H18Cl2N4/c20-18-7-5-15(19(21)25-18)11-23-8-2-1-3-14-12-24-17-6-4-13(10-22)9-16(14)17/h4-7,9,12,23-24H,1-3,8,11H2. The van der Waals surface area contributed by atoms with Crippen LogP contribution in [0.5, 0.6) is 0 Å². The van der Waals surface area contributed by atoms with Crippen LogP contribution in [0, 0.1) is 11.3 Å². The average Bonchev–Trinajstić information content (AvgIpc) is 3.01. The van der Waals surface area contributed by atoms with Crippen molar-refractivity contribution < 1.29 is 0 Å². The number of nitriles is 1. The van der Waals surface area contributed by atoms with Gasteiger partial charge in [-0.25, -0.2) is 4.98 Å². The Labute approximate surface area is 156 Å². The third-order valence-corrected chi connectivity index (χ3v) is 4.69. The summed E-state index contributed by atoms with van der Waals surface area (Å²) in [5.74, 6) is 0. The fraction of sp³-hybridized carbons (Fsp3) is 0.263. The second-order valence-corrected chi connectivity index (χ2v) is 6.65. The summed E-state index contributed by atoms with van der Waals surface area (Å²) in [5, 5.41) is 14.4. The predicted molar refractivity (Wildman–Crippen MR) is 102 cm³/mol. The molecule has 25 heavy (non-hydrogen) atoms. The molecular formula is C19H18Cl2N4. The van der Waals surface area contributed by atoms with Gasteiger partial charge in [-0.1, -0.05) is 29.3 Å². The van der Waals surface area contributed by atoms with Gasteiger partial charge in [0.2, 0.25) is 0 Å². The highest BCUT2D eigenvalue weighted by atomic mass is 35.5. The Balaban J connectivity index is 1.45. The lowest BCUT2D eigenvalue weighted by molar-refractivity contribution is 0.623. The number of H-pyrrole nitrogens is 1. The molecule has 0 radical (unpaired) electrons. The van der Waals surface area contributed by atoms with Crippen LogP contribution in [0.15, 0.2) is 36.5 Å². The van der Waals surface area contributed by atoms with Crippen LogP contribution in [-0.4, -0.2) is 16.5 Å². The topological polar surface area (TPSA) is 64.5 Å². The van der Waals surface area contributed by atoms with Crippen LogP contribution in [0.4, 0.5) is 0 Å². The Hall–Kier alpha value is -2.06. The van der Waals surface area contributed by atoms with Crippen molar-refractivity contribution in [3.05, 3.63) is 63.5 Å². The third-order valence-electron chi connectivity index (χ3n) is 4.15. The summed E-state index contributed by atoms with van der Waals surface area (Å²) in [4.78, 5) is 7.30. The Morgan fingerprint density at radius 3 is 2.80 bits per heavy atom. The quantitative estimate of drug-likeness (QED) is 0.459. The molecule has 2 N–H and O–H groups in total. The van der Waals surface area contributed by atoms with Crippen molar-refractivity contribution in [2.24, 2.45) is 0 Å². The molecule has 0 bridgehead atoms. The van der Waals surface area contributed by atoms with Gasteiger partial charge in [-0.05, 0) is 55.6 Å². The third kappa shape index (κ3) is 4.52. The Kier molecular flexibility index (Phi) is 5.93. The van der Waals surface area contributed by atoms with Crippen LogP contribution < -0.4 is 5.32 Å². The van der Waals surface area contributed by atoms with E-state index in [2.05, 4.69) is 21.4 Å². The van der Waals surface area contributed by atoms with Gasteiger partial charge in [-0.3, -0.25) is 0 Å². The minimum atomic E-state index is 0.409. The number of aryl methyl sites for hydroxylation is 1. The number of rotatable bonds is 7. The van der Waals surface area contributed by atoms with Gasteiger partial charge in [-0.15, -0.1) is 0 Å². The van der Waals surface area contributed by atoms with E-state index in [1.807, 2.05) is 30.5 Å². The maximum Gasteiger partial charge on any atom is 0.135 e. The molecule has 0 fully saturated rings. The van der Waals surface area contributed by atoms with Gasteiger partial charge in [0.15, 0.2) is 0 Å². The molecule has 128 valence electrons. The summed E-state index contributed by atoms with van der Waals surface area (Å²) < 4.78 is 0. The zero-order valence-electron chi connectivity index (χ0n) is 13.6. The molecule has 0 saturated heterocycles. The number of unbranched alkanes of at least 4 members (excludes halogenated alkanes) is 1. The second-order valence-electron chi connectivity index (χ2n) is 5.90. The van der Waals surface area contributed by atoms with E-state index >= 15 is 0 Å². The summed E-state index contributed by atoms with van der Waals surface area (Å²) in [6.07, 6.45) is 5.16. The lowest BCUT2D eigenvalue weighted by atomic mass is 10.1. The number of hydrogen-bond acceptors (Lipinski definition) is 3. The molecule has 0 amide bonds. The van der Waals surface area contributed by atoms with Crippen molar-refractivity contribution in [2.45, 2.75) is 25.8 Å². The maximum absolute atomic E-state index is 9.04. The number of pyridine rings is 1. The van der Waals surface area contributed by atoms with Gasteiger partial charge in [-0.2, -0.15) is 5.26 Å². The lowest BCUT2D eigenvalue weighted by Crippen LogP contribution is -2.15. The van der Waals surface area contributed by atoms with Gasteiger partial charge >= 0.3 is 0 Å². The van der Waals surface area contributed by atoms with Gasteiger partial charge in [0.1, 0.15) is 10.3 Å². The molecule has 0 aliphatic carbocycles. The van der Waals surface area contributed by atoms with Gasteiger partial charge < -0.3 is 10.3 Å². The fourth-order valence-corrected chi connectivity index (χ4v) is 3.23. The number of nitrogens with zero attached hydrogens (tertiary/aromatic N) is 2.